The van der Waals surface area contributed by atoms with E-state index in [9.17, 15) is 14.4 Å². The topological polar surface area (TPSA) is 240 Å². The van der Waals surface area contributed by atoms with Gasteiger partial charge in [-0.25, -0.2) is 24.9 Å². The highest BCUT2D eigenvalue weighted by Crippen LogP contribution is 2.28. The van der Waals surface area contributed by atoms with Crippen molar-refractivity contribution in [2.45, 2.75) is 85.9 Å². The number of rotatable bonds is 18. The van der Waals surface area contributed by atoms with Gasteiger partial charge in [-0.05, 0) is 68.0 Å². The lowest BCUT2D eigenvalue weighted by Crippen LogP contribution is -2.36. The number of nitrogens with two attached hydrogens (primary N) is 2. The van der Waals surface area contributed by atoms with Crippen LogP contribution < -0.4 is 22.1 Å². The molecule has 0 atom stereocenters. The molecule has 60 heavy (non-hydrogen) atoms. The number of oxazole rings is 2. The van der Waals surface area contributed by atoms with Crippen LogP contribution in [-0.4, -0.2) is 89.5 Å². The van der Waals surface area contributed by atoms with Gasteiger partial charge in [0, 0.05) is 58.3 Å². The van der Waals surface area contributed by atoms with Gasteiger partial charge >= 0.3 is 0 Å². The molecule has 6 aromatic rings. The Balaban J connectivity index is 1.20. The molecule has 1 aliphatic heterocycles. The van der Waals surface area contributed by atoms with Crippen LogP contribution >= 0.6 is 0 Å². The number of fused-ring (bicyclic) bond motifs is 2. The number of pyridine rings is 1. The van der Waals surface area contributed by atoms with Gasteiger partial charge in [0.25, 0.3) is 11.8 Å². The zero-order chi connectivity index (χ0) is 42.3. The van der Waals surface area contributed by atoms with Crippen molar-refractivity contribution >= 4 is 51.8 Å². The quantitative estimate of drug-likeness (QED) is 0.0670. The molecule has 0 bridgehead atoms. The van der Waals surface area contributed by atoms with Gasteiger partial charge < -0.3 is 29.6 Å². The van der Waals surface area contributed by atoms with Crippen LogP contribution in [0.15, 0.2) is 45.4 Å². The van der Waals surface area contributed by atoms with E-state index < -0.39 is 17.7 Å². The van der Waals surface area contributed by atoms with E-state index in [0.717, 1.165) is 68.8 Å². The number of nitrogens with zero attached hydrogens (tertiary/aromatic N) is 8. The first kappa shape index (κ1) is 41.9. The summed E-state index contributed by atoms with van der Waals surface area (Å²) in [5, 5.41) is 5.85. The maximum Gasteiger partial charge on any atom is 0.295 e. The molecule has 0 unspecified atom stereocenters. The number of hydrogen-bond acceptors (Lipinski definition) is 13. The van der Waals surface area contributed by atoms with Crippen LogP contribution in [0.5, 0.6) is 0 Å². The molecule has 0 aliphatic carbocycles. The number of carbonyl (C=O) groups is 3. The fraction of sp³-hybridized carbons (Fsp3) is 0.429. The molecule has 5 aromatic heterocycles. The number of ether oxygens (including phenoxy) is 1. The van der Waals surface area contributed by atoms with Gasteiger partial charge in [-0.2, -0.15) is 0 Å². The second kappa shape index (κ2) is 18.8. The Bertz CT molecular complexity index is 2540. The fourth-order valence-electron chi connectivity index (χ4n) is 7.50. The Labute approximate surface area is 346 Å². The maximum absolute atomic E-state index is 13.7. The van der Waals surface area contributed by atoms with Crippen molar-refractivity contribution in [2.75, 3.05) is 43.5 Å². The summed E-state index contributed by atoms with van der Waals surface area (Å²) in [6.07, 6.45) is 10.1. The average Bonchev–Trinajstić information content (AvgIpc) is 4.01. The van der Waals surface area contributed by atoms with E-state index in [-0.39, 0.29) is 43.1 Å². The standard InChI is InChI=1S/C42H52N12O6/c1-5-30-35(59-25(3)46-30)39(56)50-41-48-32-22-29(37(44)55)21-28(12-8-7-9-13-52-16-18-58-19-17-52)34(32)53(41)14-10-11-15-54-38-33(20-27(23-43)24-45-38)49-42(54)51-40(57)36-31(6-2)47-26(4)60-36/h10-11,20-22,24H,5-9,12-19,23,43H2,1-4H3,(H2,44,55)(H,48,50,56)(H,49,51,57)/b11-10+. The number of nitrogens with one attached hydrogen (secondary N) is 2. The Hall–Kier alpha value is -6.24. The first-order valence-electron chi connectivity index (χ1n) is 20.4. The Morgan fingerprint density at radius 2 is 1.42 bits per heavy atom. The van der Waals surface area contributed by atoms with Crippen molar-refractivity contribution in [1.82, 2.24) is 39.0 Å². The van der Waals surface area contributed by atoms with Crippen LogP contribution in [0.3, 0.4) is 0 Å². The van der Waals surface area contributed by atoms with Crippen molar-refractivity contribution in [3.8, 4) is 0 Å². The molecule has 6 heterocycles. The van der Waals surface area contributed by atoms with Crippen molar-refractivity contribution in [3.05, 3.63) is 87.9 Å². The van der Waals surface area contributed by atoms with E-state index >= 15 is 0 Å². The van der Waals surface area contributed by atoms with E-state index in [2.05, 4.69) is 30.5 Å². The van der Waals surface area contributed by atoms with Crippen LogP contribution in [0.25, 0.3) is 22.2 Å². The first-order valence-corrected chi connectivity index (χ1v) is 20.4. The van der Waals surface area contributed by atoms with Crippen molar-refractivity contribution in [1.29, 1.82) is 0 Å². The number of allylic oxidation sites excluding steroid dienone is 2. The molecule has 0 spiro atoms. The molecule has 1 saturated heterocycles. The molecule has 1 fully saturated rings. The second-order valence-corrected chi connectivity index (χ2v) is 14.7. The lowest BCUT2D eigenvalue weighted by molar-refractivity contribution is 0.0371. The molecule has 0 radical (unpaired) electrons. The van der Waals surface area contributed by atoms with Crippen molar-refractivity contribution in [3.63, 3.8) is 0 Å². The number of morpholine rings is 1. The highest BCUT2D eigenvalue weighted by atomic mass is 16.5. The van der Waals surface area contributed by atoms with Crippen LogP contribution in [0.1, 0.15) is 98.9 Å². The first-order chi connectivity index (χ1) is 29.1. The third kappa shape index (κ3) is 9.30. The number of unbranched alkanes of at least 4 members (excludes halogenated alkanes) is 2. The van der Waals surface area contributed by atoms with Gasteiger partial charge in [0.15, 0.2) is 17.4 Å². The molecule has 6 N–H and O–H groups in total. The van der Waals surface area contributed by atoms with Gasteiger partial charge in [-0.3, -0.25) is 34.5 Å². The summed E-state index contributed by atoms with van der Waals surface area (Å²) >= 11 is 0. The predicted molar refractivity (Wildman–Crippen MR) is 225 cm³/mol. The van der Waals surface area contributed by atoms with E-state index in [0.29, 0.717) is 64.7 Å². The monoisotopic (exact) mass is 820 g/mol. The largest absolute Gasteiger partial charge is 0.436 e. The number of hydrogen-bond donors (Lipinski definition) is 4. The highest BCUT2D eigenvalue weighted by Gasteiger charge is 2.24. The highest BCUT2D eigenvalue weighted by molar-refractivity contribution is 6.04. The minimum atomic E-state index is -0.567. The lowest BCUT2D eigenvalue weighted by Gasteiger charge is -2.26. The van der Waals surface area contributed by atoms with Crippen LogP contribution in [0, 0.1) is 13.8 Å². The average molecular weight is 821 g/mol. The number of benzene rings is 1. The van der Waals surface area contributed by atoms with Gasteiger partial charge in [0.1, 0.15) is 5.52 Å². The summed E-state index contributed by atoms with van der Waals surface area (Å²) in [6, 6.07) is 5.31. The Morgan fingerprint density at radius 1 is 0.800 bits per heavy atom. The number of primary amides is 1. The summed E-state index contributed by atoms with van der Waals surface area (Å²) in [5.41, 5.74) is 17.2. The normalized spacial score (nSPS) is 13.6. The van der Waals surface area contributed by atoms with Crippen LogP contribution in [-0.2, 0) is 43.6 Å². The molecule has 316 valence electrons. The van der Waals surface area contributed by atoms with Crippen molar-refractivity contribution in [2.24, 2.45) is 11.5 Å². The minimum absolute atomic E-state index is 0.112. The van der Waals surface area contributed by atoms with Crippen LogP contribution in [0.4, 0.5) is 11.9 Å². The van der Waals surface area contributed by atoms with Gasteiger partial charge in [0.2, 0.25) is 29.3 Å². The Morgan fingerprint density at radius 3 is 2.03 bits per heavy atom. The van der Waals surface area contributed by atoms with Gasteiger partial charge in [-0.1, -0.05) is 32.4 Å². The minimum Gasteiger partial charge on any atom is -0.436 e. The molecular formula is C42H52N12O6. The molecule has 18 nitrogen and oxygen atoms in total. The zero-order valence-corrected chi connectivity index (χ0v) is 34.5. The molecule has 0 saturated carbocycles. The third-order valence-corrected chi connectivity index (χ3v) is 10.5. The molecule has 1 aromatic carbocycles. The van der Waals surface area contributed by atoms with E-state index in [4.69, 9.17) is 35.0 Å². The molecule has 1 aliphatic rings. The van der Waals surface area contributed by atoms with E-state index in [1.807, 2.05) is 42.7 Å². The zero-order valence-electron chi connectivity index (χ0n) is 34.5. The number of aromatic nitrogens is 7. The summed E-state index contributed by atoms with van der Waals surface area (Å²) < 4.78 is 20.6. The number of carbonyl (C=O) groups excluding carboxylic acids is 3. The third-order valence-electron chi connectivity index (χ3n) is 10.5. The number of imidazole rings is 2. The number of aryl methyl sites for hydroxylation is 5. The predicted octanol–water partition coefficient (Wildman–Crippen LogP) is 4.86. The van der Waals surface area contributed by atoms with Crippen molar-refractivity contribution < 1.29 is 28.0 Å². The second-order valence-electron chi connectivity index (χ2n) is 14.7. The molecule has 3 amide bonds. The summed E-state index contributed by atoms with van der Waals surface area (Å²) in [4.78, 5) is 65.1. The molecule has 18 heteroatoms. The van der Waals surface area contributed by atoms with E-state index in [1.165, 1.54) is 0 Å². The smallest absolute Gasteiger partial charge is 0.295 e. The Kier molecular flexibility index (Phi) is 13.1. The summed E-state index contributed by atoms with van der Waals surface area (Å²) in [7, 11) is 0. The number of amides is 3. The molecule has 7 rings (SSSR count). The SMILES string of the molecule is CCc1nc(C)oc1C(=O)Nc1nc2cc(CN)cnc2n1C/C=C/Cn1c(NC(=O)c2oc(C)nc2CC)nc2cc(C(N)=O)cc(CCCCCN3CCOCC3)c21. The fourth-order valence-corrected chi connectivity index (χ4v) is 7.50. The van der Waals surface area contributed by atoms with Gasteiger partial charge in [-0.15, -0.1) is 0 Å². The number of anilines is 2. The van der Waals surface area contributed by atoms with Gasteiger partial charge in [0.05, 0.1) is 35.6 Å². The summed E-state index contributed by atoms with van der Waals surface area (Å²) in [5.74, 6) is 0.00438. The summed E-state index contributed by atoms with van der Waals surface area (Å²) in [6.45, 7) is 12.4. The van der Waals surface area contributed by atoms with E-state index in [1.54, 1.807) is 30.7 Å². The maximum atomic E-state index is 13.7. The van der Waals surface area contributed by atoms with Crippen LogP contribution in [0.2, 0.25) is 0 Å². The molecular weight excluding hydrogens is 769 g/mol. The lowest BCUT2D eigenvalue weighted by atomic mass is 10.0.